The SMILES string of the molecule is C=CCNC(=O)C(C#N)=Cc1cc(C)n(-c2ccc(C)cc2)c1C. The number of nitrogens with one attached hydrogen (secondary N) is 1. The summed E-state index contributed by atoms with van der Waals surface area (Å²) in [7, 11) is 0. The van der Waals surface area contributed by atoms with Gasteiger partial charge < -0.3 is 9.88 Å². The average molecular weight is 319 g/mol. The molecule has 0 aliphatic heterocycles. The largest absolute Gasteiger partial charge is 0.348 e. The summed E-state index contributed by atoms with van der Waals surface area (Å²) in [6.45, 7) is 9.92. The van der Waals surface area contributed by atoms with Crippen molar-refractivity contribution in [3.63, 3.8) is 0 Å². The topological polar surface area (TPSA) is 57.8 Å². The van der Waals surface area contributed by atoms with Gasteiger partial charge in [-0.05, 0) is 50.6 Å². The van der Waals surface area contributed by atoms with E-state index in [9.17, 15) is 10.1 Å². The smallest absolute Gasteiger partial charge is 0.262 e. The first-order valence-electron chi connectivity index (χ1n) is 7.74. The highest BCUT2D eigenvalue weighted by Gasteiger charge is 2.13. The van der Waals surface area contributed by atoms with E-state index in [0.29, 0.717) is 6.54 Å². The Balaban J connectivity index is 2.42. The second-order valence-corrected chi connectivity index (χ2v) is 5.67. The third-order valence-electron chi connectivity index (χ3n) is 3.83. The summed E-state index contributed by atoms with van der Waals surface area (Å²) >= 11 is 0. The molecule has 2 rings (SSSR count). The maximum atomic E-state index is 12.0. The van der Waals surface area contributed by atoms with Crippen LogP contribution in [0.3, 0.4) is 0 Å². The van der Waals surface area contributed by atoms with Gasteiger partial charge in [-0.2, -0.15) is 5.26 Å². The number of nitriles is 1. The van der Waals surface area contributed by atoms with Gasteiger partial charge in [0.15, 0.2) is 0 Å². The molecule has 0 saturated heterocycles. The Morgan fingerprint density at radius 1 is 1.29 bits per heavy atom. The number of hydrogen-bond acceptors (Lipinski definition) is 2. The van der Waals surface area contributed by atoms with Crippen LogP contribution >= 0.6 is 0 Å². The Morgan fingerprint density at radius 2 is 1.96 bits per heavy atom. The fourth-order valence-electron chi connectivity index (χ4n) is 2.59. The first-order chi connectivity index (χ1) is 11.5. The highest BCUT2D eigenvalue weighted by Crippen LogP contribution is 2.23. The summed E-state index contributed by atoms with van der Waals surface area (Å²) in [5, 5.41) is 11.9. The molecule has 0 spiro atoms. The summed E-state index contributed by atoms with van der Waals surface area (Å²) in [5.41, 5.74) is 5.24. The van der Waals surface area contributed by atoms with Crippen LogP contribution in [0.4, 0.5) is 0 Å². The van der Waals surface area contributed by atoms with E-state index in [0.717, 1.165) is 22.6 Å². The highest BCUT2D eigenvalue weighted by atomic mass is 16.1. The van der Waals surface area contributed by atoms with E-state index in [4.69, 9.17) is 0 Å². The minimum atomic E-state index is -0.391. The lowest BCUT2D eigenvalue weighted by atomic mass is 10.1. The molecule has 2 aromatic rings. The number of nitrogens with zero attached hydrogens (tertiary/aromatic N) is 2. The molecule has 0 unspecified atom stereocenters. The van der Waals surface area contributed by atoms with Crippen LogP contribution in [-0.2, 0) is 4.79 Å². The lowest BCUT2D eigenvalue weighted by Gasteiger charge is -2.10. The number of carbonyl (C=O) groups excluding carboxylic acids is 1. The predicted octanol–water partition coefficient (Wildman–Crippen LogP) is 3.61. The molecule has 0 aliphatic rings. The molecule has 0 aliphatic carbocycles. The zero-order valence-corrected chi connectivity index (χ0v) is 14.3. The van der Waals surface area contributed by atoms with E-state index in [2.05, 4.69) is 40.7 Å². The van der Waals surface area contributed by atoms with Crippen molar-refractivity contribution in [1.82, 2.24) is 9.88 Å². The molecule has 4 heteroatoms. The second-order valence-electron chi connectivity index (χ2n) is 5.67. The standard InChI is InChI=1S/C20H21N3O/c1-5-10-22-20(24)18(13-21)12-17-11-15(3)23(16(17)4)19-8-6-14(2)7-9-19/h5-9,11-12H,1,10H2,2-4H3,(H,22,24). The van der Waals surface area contributed by atoms with Crippen molar-refractivity contribution in [2.75, 3.05) is 6.54 Å². The molecule has 4 nitrogen and oxygen atoms in total. The van der Waals surface area contributed by atoms with Gasteiger partial charge in [0.05, 0.1) is 0 Å². The maximum absolute atomic E-state index is 12.0. The Bertz CT molecular complexity index is 833. The van der Waals surface area contributed by atoms with Crippen LogP contribution in [-0.4, -0.2) is 17.0 Å². The van der Waals surface area contributed by atoms with Gasteiger partial charge in [0.25, 0.3) is 5.91 Å². The van der Waals surface area contributed by atoms with Crippen molar-refractivity contribution < 1.29 is 4.79 Å². The quantitative estimate of drug-likeness (QED) is 0.520. The van der Waals surface area contributed by atoms with Crippen molar-refractivity contribution in [2.45, 2.75) is 20.8 Å². The molecule has 0 radical (unpaired) electrons. The normalized spacial score (nSPS) is 11.0. The van der Waals surface area contributed by atoms with Gasteiger partial charge in [-0.25, -0.2) is 0 Å². The molecule has 1 heterocycles. The Morgan fingerprint density at radius 3 is 2.54 bits per heavy atom. The summed E-state index contributed by atoms with van der Waals surface area (Å²) in [5.74, 6) is -0.391. The van der Waals surface area contributed by atoms with Crippen molar-refractivity contribution in [2.24, 2.45) is 0 Å². The van der Waals surface area contributed by atoms with Gasteiger partial charge in [-0.3, -0.25) is 4.79 Å². The van der Waals surface area contributed by atoms with Crippen LogP contribution in [0.5, 0.6) is 0 Å². The van der Waals surface area contributed by atoms with Gasteiger partial charge in [-0.1, -0.05) is 23.8 Å². The Hall–Kier alpha value is -3.06. The number of amides is 1. The summed E-state index contributed by atoms with van der Waals surface area (Å²) in [4.78, 5) is 12.0. The van der Waals surface area contributed by atoms with E-state index < -0.39 is 5.91 Å². The Labute approximate surface area is 142 Å². The minimum absolute atomic E-state index is 0.0843. The molecule has 0 bridgehead atoms. The van der Waals surface area contributed by atoms with Crippen molar-refractivity contribution in [3.05, 3.63) is 71.1 Å². The molecular weight excluding hydrogens is 298 g/mol. The van der Waals surface area contributed by atoms with Gasteiger partial charge in [0.2, 0.25) is 0 Å². The first-order valence-corrected chi connectivity index (χ1v) is 7.74. The molecule has 1 amide bonds. The van der Waals surface area contributed by atoms with Gasteiger partial charge in [-0.15, -0.1) is 6.58 Å². The van der Waals surface area contributed by atoms with E-state index in [1.54, 1.807) is 12.2 Å². The van der Waals surface area contributed by atoms with Crippen molar-refractivity contribution in [3.8, 4) is 11.8 Å². The van der Waals surface area contributed by atoms with Crippen LogP contribution in [0.25, 0.3) is 11.8 Å². The molecule has 0 fully saturated rings. The number of hydrogen-bond donors (Lipinski definition) is 1. The third kappa shape index (κ3) is 3.64. The highest BCUT2D eigenvalue weighted by molar-refractivity contribution is 6.01. The van der Waals surface area contributed by atoms with Crippen LogP contribution in [0, 0.1) is 32.1 Å². The van der Waals surface area contributed by atoms with Gasteiger partial charge in [0, 0.05) is 23.6 Å². The molecular formula is C20H21N3O. The molecule has 122 valence electrons. The van der Waals surface area contributed by atoms with E-state index in [-0.39, 0.29) is 5.57 Å². The molecule has 1 N–H and O–H groups in total. The Kier molecular flexibility index (Phi) is 5.39. The summed E-state index contributed by atoms with van der Waals surface area (Å²) in [6.07, 6.45) is 3.21. The number of benzene rings is 1. The maximum Gasteiger partial charge on any atom is 0.262 e. The monoisotopic (exact) mass is 319 g/mol. The van der Waals surface area contributed by atoms with Crippen molar-refractivity contribution in [1.29, 1.82) is 5.26 Å². The van der Waals surface area contributed by atoms with Crippen LogP contribution in [0.2, 0.25) is 0 Å². The summed E-state index contributed by atoms with van der Waals surface area (Å²) in [6, 6.07) is 12.2. The van der Waals surface area contributed by atoms with Crippen LogP contribution in [0.15, 0.2) is 48.6 Å². The number of rotatable bonds is 5. The third-order valence-corrected chi connectivity index (χ3v) is 3.83. The predicted molar refractivity (Wildman–Crippen MR) is 96.8 cm³/mol. The number of aromatic nitrogens is 1. The van der Waals surface area contributed by atoms with E-state index in [1.807, 2.05) is 32.9 Å². The lowest BCUT2D eigenvalue weighted by Crippen LogP contribution is -2.24. The van der Waals surface area contributed by atoms with Crippen LogP contribution in [0.1, 0.15) is 22.5 Å². The molecule has 1 aromatic heterocycles. The fraction of sp³-hybridized carbons (Fsp3) is 0.200. The fourth-order valence-corrected chi connectivity index (χ4v) is 2.59. The molecule has 0 atom stereocenters. The zero-order valence-electron chi connectivity index (χ0n) is 14.3. The zero-order chi connectivity index (χ0) is 17.7. The second kappa shape index (κ2) is 7.47. The van der Waals surface area contributed by atoms with Crippen molar-refractivity contribution >= 4 is 12.0 Å². The van der Waals surface area contributed by atoms with E-state index >= 15 is 0 Å². The van der Waals surface area contributed by atoms with E-state index in [1.165, 1.54) is 5.56 Å². The number of carbonyl (C=O) groups is 1. The van der Waals surface area contributed by atoms with Gasteiger partial charge >= 0.3 is 0 Å². The molecule has 24 heavy (non-hydrogen) atoms. The first kappa shape index (κ1) is 17.3. The average Bonchev–Trinajstić information content (AvgIpc) is 2.85. The summed E-state index contributed by atoms with van der Waals surface area (Å²) < 4.78 is 2.11. The minimum Gasteiger partial charge on any atom is -0.348 e. The molecule has 0 saturated carbocycles. The van der Waals surface area contributed by atoms with Crippen LogP contribution < -0.4 is 5.32 Å². The van der Waals surface area contributed by atoms with Gasteiger partial charge in [0.1, 0.15) is 11.6 Å². The lowest BCUT2D eigenvalue weighted by molar-refractivity contribution is -0.116. The molecule has 1 aromatic carbocycles. The number of aryl methyl sites for hydroxylation is 2.